The lowest BCUT2D eigenvalue weighted by atomic mass is 9.52. The zero-order valence-electron chi connectivity index (χ0n) is 22.1. The molecule has 42 heavy (non-hydrogen) atoms. The lowest BCUT2D eigenvalue weighted by Crippen LogP contribution is -2.74. The van der Waals surface area contributed by atoms with Crippen LogP contribution in [0.15, 0.2) is 35.2 Å². The predicted octanol–water partition coefficient (Wildman–Crippen LogP) is 0.460. The first-order valence-electron chi connectivity index (χ1n) is 12.7. The number of likely N-dealkylation sites (N-methyl/N-ethyl adjacent to an activating group) is 1. The van der Waals surface area contributed by atoms with Gasteiger partial charge in [0.2, 0.25) is 5.91 Å². The second-order valence-electron chi connectivity index (χ2n) is 11.0. The summed E-state index contributed by atoms with van der Waals surface area (Å²) >= 11 is 5.86. The number of fused-ring (bicyclic) bond motifs is 3. The van der Waals surface area contributed by atoms with E-state index in [9.17, 15) is 42.6 Å². The van der Waals surface area contributed by atoms with Crippen LogP contribution in [0, 0.1) is 29.5 Å². The first-order chi connectivity index (χ1) is 19.5. The van der Waals surface area contributed by atoms with E-state index >= 15 is 4.39 Å². The van der Waals surface area contributed by atoms with Crippen molar-refractivity contribution < 1.29 is 47.0 Å². The highest BCUT2D eigenvalue weighted by molar-refractivity contribution is 7.92. The van der Waals surface area contributed by atoms with Gasteiger partial charge < -0.3 is 15.9 Å². The minimum absolute atomic E-state index is 0.0843. The number of ketones is 4. The van der Waals surface area contributed by atoms with Gasteiger partial charge in [-0.25, -0.2) is 12.8 Å². The van der Waals surface area contributed by atoms with Crippen LogP contribution in [0.5, 0.6) is 5.75 Å². The highest BCUT2D eigenvalue weighted by Gasteiger charge is 2.69. The molecule has 2 saturated carbocycles. The van der Waals surface area contributed by atoms with E-state index in [2.05, 4.69) is 0 Å². The molecule has 222 valence electrons. The fraction of sp³-hybridized carbons (Fsp3) is 0.370. The maximum Gasteiger partial charge on any atom is 0.262 e. The Bertz CT molecular complexity index is 1710. The third-order valence-corrected chi connectivity index (χ3v) is 9.96. The molecule has 2 unspecified atom stereocenters. The first kappa shape index (κ1) is 29.8. The number of anilines is 1. The molecule has 0 aromatic heterocycles. The normalized spacial score (nSPS) is 29.1. The molecule has 2 aromatic rings. The van der Waals surface area contributed by atoms with E-state index in [-0.39, 0.29) is 28.3 Å². The average molecular weight is 622 g/mol. The number of hydrogen-bond acceptors (Lipinski definition) is 10. The van der Waals surface area contributed by atoms with E-state index < -0.39 is 97.2 Å². The second-order valence-corrected chi connectivity index (χ2v) is 13.1. The number of hydrogen-bond donors (Lipinski definition) is 4. The second kappa shape index (κ2) is 9.93. The number of nitrogens with one attached hydrogen (secondary N) is 1. The van der Waals surface area contributed by atoms with Crippen LogP contribution >= 0.6 is 11.6 Å². The number of aliphatic hydroxyl groups is 1. The summed E-state index contributed by atoms with van der Waals surface area (Å²) in [5.41, 5.74) is 0.655. The highest BCUT2D eigenvalue weighted by atomic mass is 35.5. The Morgan fingerprint density at radius 3 is 2.43 bits per heavy atom. The molecule has 1 amide bonds. The molecule has 3 aliphatic rings. The summed E-state index contributed by atoms with van der Waals surface area (Å²) in [5.74, 6) is -14.4. The number of primary amides is 1. The lowest BCUT2D eigenvalue weighted by Gasteiger charge is -2.52. The standard InChI is InChI=1S/C27H25ClFN3O9S/c1-32(2)20-14-7-10-6-13-15(29)9-16(31-42(40,41)12-5-3-4-11(28)8-12)21(33)18(13)22(34)17(10)24(36)27(14,39)25(37)19(23(20)35)26(30)38/h3-5,8-10,14,17,19-20,31,33,39H,6-7H2,1-2H3,(H2,30,38)/t10-,14-,17?,19?,20-,27-/m0/s1. The van der Waals surface area contributed by atoms with Crippen LogP contribution in [0.3, 0.4) is 0 Å². The van der Waals surface area contributed by atoms with Gasteiger partial charge in [-0.05, 0) is 51.1 Å². The van der Waals surface area contributed by atoms with Gasteiger partial charge in [-0.2, -0.15) is 0 Å². The van der Waals surface area contributed by atoms with Gasteiger partial charge in [0.1, 0.15) is 5.82 Å². The lowest BCUT2D eigenvalue weighted by molar-refractivity contribution is -0.181. The third kappa shape index (κ3) is 4.23. The highest BCUT2D eigenvalue weighted by Crippen LogP contribution is 2.51. The van der Waals surface area contributed by atoms with Crippen molar-refractivity contribution in [2.45, 2.75) is 29.4 Å². The molecular weight excluding hydrogens is 597 g/mol. The van der Waals surface area contributed by atoms with Crippen LogP contribution in [0.4, 0.5) is 10.1 Å². The van der Waals surface area contributed by atoms with Crippen molar-refractivity contribution >= 4 is 56.4 Å². The van der Waals surface area contributed by atoms with Gasteiger partial charge in [-0.15, -0.1) is 0 Å². The Kier molecular flexibility index (Phi) is 7.04. The van der Waals surface area contributed by atoms with Gasteiger partial charge in [-0.3, -0.25) is 33.6 Å². The number of Topliss-reactive ketones (excluding diaryl/α,β-unsaturated/α-hetero) is 4. The number of rotatable bonds is 5. The Balaban J connectivity index is 1.59. The number of benzene rings is 2. The molecule has 5 N–H and O–H groups in total. The van der Waals surface area contributed by atoms with Crippen LogP contribution < -0.4 is 10.5 Å². The predicted molar refractivity (Wildman–Crippen MR) is 144 cm³/mol. The average Bonchev–Trinajstić information content (AvgIpc) is 2.88. The van der Waals surface area contributed by atoms with Gasteiger partial charge in [0, 0.05) is 22.6 Å². The molecule has 2 aromatic carbocycles. The Labute approximate surface area is 243 Å². The summed E-state index contributed by atoms with van der Waals surface area (Å²) in [5, 5.41) is 22.7. The minimum atomic E-state index is -4.42. The van der Waals surface area contributed by atoms with Gasteiger partial charge in [-0.1, -0.05) is 17.7 Å². The smallest absolute Gasteiger partial charge is 0.262 e. The summed E-state index contributed by atoms with van der Waals surface area (Å²) < 4.78 is 43.3. The number of halogens is 2. The zero-order chi connectivity index (χ0) is 31.0. The number of carbonyl (C=O) groups is 5. The third-order valence-electron chi connectivity index (χ3n) is 8.36. The monoisotopic (exact) mass is 621 g/mol. The van der Waals surface area contributed by atoms with Crippen LogP contribution in [0.2, 0.25) is 5.02 Å². The van der Waals surface area contributed by atoms with Crippen molar-refractivity contribution in [1.29, 1.82) is 0 Å². The van der Waals surface area contributed by atoms with Gasteiger partial charge >= 0.3 is 0 Å². The van der Waals surface area contributed by atoms with Crippen molar-refractivity contribution in [3.05, 3.63) is 52.3 Å². The maximum absolute atomic E-state index is 15.4. The van der Waals surface area contributed by atoms with Crippen LogP contribution in [-0.2, 0) is 35.6 Å². The van der Waals surface area contributed by atoms with Crippen molar-refractivity contribution in [3.8, 4) is 5.75 Å². The number of phenols is 1. The van der Waals surface area contributed by atoms with Gasteiger partial charge in [0.15, 0.2) is 40.4 Å². The first-order valence-corrected chi connectivity index (χ1v) is 14.6. The zero-order valence-corrected chi connectivity index (χ0v) is 23.7. The summed E-state index contributed by atoms with van der Waals surface area (Å²) in [6, 6.07) is 4.47. The number of phenolic OH excluding ortho intramolecular Hbond substituents is 1. The van der Waals surface area contributed by atoms with Gasteiger partial charge in [0.05, 0.1) is 28.1 Å². The van der Waals surface area contributed by atoms with E-state index in [0.29, 0.717) is 6.07 Å². The van der Waals surface area contributed by atoms with E-state index in [0.717, 1.165) is 6.07 Å². The van der Waals surface area contributed by atoms with E-state index in [1.54, 1.807) is 0 Å². The number of carbonyl (C=O) groups excluding carboxylic acids is 5. The van der Waals surface area contributed by atoms with E-state index in [4.69, 9.17) is 17.3 Å². The Hall–Kier alpha value is -3.72. The Morgan fingerprint density at radius 2 is 1.83 bits per heavy atom. The maximum atomic E-state index is 15.4. The Morgan fingerprint density at radius 1 is 1.17 bits per heavy atom. The molecule has 0 aliphatic heterocycles. The van der Waals surface area contributed by atoms with Crippen molar-refractivity contribution in [2.24, 2.45) is 29.4 Å². The van der Waals surface area contributed by atoms with Crippen LogP contribution in [0.1, 0.15) is 22.3 Å². The molecule has 12 nitrogen and oxygen atoms in total. The molecule has 15 heteroatoms. The SMILES string of the molecule is CN(C)[C@@H]1C(=O)C(C(N)=O)C(=O)[C@@]2(O)C(=O)C3C(=O)c4c(O)c(NS(=O)(=O)c5cccc(Cl)c5)cc(F)c4C[C@H]3C[C@@H]12. The molecule has 3 aliphatic carbocycles. The van der Waals surface area contributed by atoms with Crippen molar-refractivity contribution in [1.82, 2.24) is 4.90 Å². The minimum Gasteiger partial charge on any atom is -0.505 e. The van der Waals surface area contributed by atoms with E-state index in [1.807, 2.05) is 4.72 Å². The summed E-state index contributed by atoms with van der Waals surface area (Å²) in [7, 11) is -1.54. The molecule has 6 atom stereocenters. The number of sulfonamides is 1. The van der Waals surface area contributed by atoms with Crippen LogP contribution in [0.25, 0.3) is 0 Å². The molecule has 5 rings (SSSR count). The number of nitrogens with two attached hydrogens (primary N) is 1. The molecule has 0 saturated heterocycles. The molecule has 0 heterocycles. The fourth-order valence-corrected chi connectivity index (χ4v) is 7.90. The number of nitrogens with zero attached hydrogens (tertiary/aromatic N) is 1. The number of aromatic hydroxyl groups is 1. The summed E-state index contributed by atoms with van der Waals surface area (Å²) in [4.78, 5) is 67.1. The molecule has 0 spiro atoms. The fourth-order valence-electron chi connectivity index (χ4n) is 6.54. The molecule has 0 radical (unpaired) electrons. The summed E-state index contributed by atoms with van der Waals surface area (Å²) in [6.07, 6.45) is -0.570. The largest absolute Gasteiger partial charge is 0.505 e. The van der Waals surface area contributed by atoms with E-state index in [1.165, 1.54) is 37.2 Å². The molecular formula is C27H25ClFN3O9S. The quantitative estimate of drug-likeness (QED) is 0.268. The topological polar surface area (TPSA) is 201 Å². The number of amides is 1. The summed E-state index contributed by atoms with van der Waals surface area (Å²) in [6.45, 7) is 0. The molecule has 2 fully saturated rings. The van der Waals surface area contributed by atoms with Crippen molar-refractivity contribution in [2.75, 3.05) is 18.8 Å². The molecule has 0 bridgehead atoms. The van der Waals surface area contributed by atoms with Crippen molar-refractivity contribution in [3.63, 3.8) is 0 Å². The van der Waals surface area contributed by atoms with Gasteiger partial charge in [0.25, 0.3) is 10.0 Å². The van der Waals surface area contributed by atoms with Crippen LogP contribution in [-0.4, -0.2) is 78.3 Å².